The highest BCUT2D eigenvalue weighted by molar-refractivity contribution is 7.92. The summed E-state index contributed by atoms with van der Waals surface area (Å²) in [6.45, 7) is 2.69. The molecule has 5 rings (SSSR count). The van der Waals surface area contributed by atoms with E-state index in [1.54, 1.807) is 24.3 Å². The van der Waals surface area contributed by atoms with Gasteiger partial charge in [-0.15, -0.1) is 0 Å². The first-order valence-electron chi connectivity index (χ1n) is 12.5. The van der Waals surface area contributed by atoms with Gasteiger partial charge in [0.25, 0.3) is 5.91 Å². The maximum Gasteiger partial charge on any atom is 0.280 e. The molecule has 2 aromatic heterocycles. The quantitative estimate of drug-likeness (QED) is 0.197. The fourth-order valence-electron chi connectivity index (χ4n) is 4.05. The van der Waals surface area contributed by atoms with Crippen LogP contribution in [-0.4, -0.2) is 88.0 Å². The number of thiazole rings is 1. The average molecular weight is 576 g/mol. The van der Waals surface area contributed by atoms with E-state index in [4.69, 9.17) is 19.0 Å². The van der Waals surface area contributed by atoms with Gasteiger partial charge >= 0.3 is 0 Å². The number of sulfone groups is 1. The number of carbonyl (C=O) groups excluding carboxylic acids is 1. The van der Waals surface area contributed by atoms with E-state index < -0.39 is 21.0 Å². The molecular formula is C25H29N5O7S2. The van der Waals surface area contributed by atoms with E-state index in [-0.39, 0.29) is 23.3 Å². The molecule has 0 unspecified atom stereocenters. The van der Waals surface area contributed by atoms with Crippen molar-refractivity contribution < 1.29 is 32.3 Å². The van der Waals surface area contributed by atoms with Gasteiger partial charge in [-0.2, -0.15) is 0 Å². The van der Waals surface area contributed by atoms with Crippen LogP contribution in [0.1, 0.15) is 18.4 Å². The van der Waals surface area contributed by atoms with Crippen LogP contribution in [0.15, 0.2) is 46.4 Å². The molecule has 0 aliphatic carbocycles. The first-order valence-corrected chi connectivity index (χ1v) is 14.9. The summed E-state index contributed by atoms with van der Waals surface area (Å²) in [5, 5.41) is 9.66. The zero-order valence-corrected chi connectivity index (χ0v) is 22.9. The number of ether oxygens (including phenoxy) is 3. The molecule has 1 aromatic carbocycles. The fraction of sp³-hybridized carbons (Fsp3) is 0.440. The predicted octanol–water partition coefficient (Wildman–Crippen LogP) is 2.00. The summed E-state index contributed by atoms with van der Waals surface area (Å²) in [5.74, 6) is -0.0915. The van der Waals surface area contributed by atoms with Gasteiger partial charge in [-0.05, 0) is 31.7 Å². The van der Waals surface area contributed by atoms with E-state index in [0.29, 0.717) is 72.7 Å². The lowest BCUT2D eigenvalue weighted by molar-refractivity contribution is -0.110. The molecule has 3 aromatic rings. The predicted molar refractivity (Wildman–Crippen MR) is 145 cm³/mol. The number of nitrogens with one attached hydrogen (secondary N) is 2. The lowest BCUT2D eigenvalue weighted by atomic mass is 10.1. The summed E-state index contributed by atoms with van der Waals surface area (Å²) < 4.78 is 42.0. The number of aromatic nitrogens is 2. The van der Waals surface area contributed by atoms with Crippen LogP contribution < -0.4 is 15.4 Å². The van der Waals surface area contributed by atoms with Crippen LogP contribution in [0.4, 0.5) is 5.13 Å². The number of oxime groups is 1. The van der Waals surface area contributed by atoms with E-state index in [0.717, 1.165) is 0 Å². The third-order valence-electron chi connectivity index (χ3n) is 6.23. The van der Waals surface area contributed by atoms with Gasteiger partial charge in [0, 0.05) is 31.2 Å². The highest BCUT2D eigenvalue weighted by Crippen LogP contribution is 2.27. The fourth-order valence-corrected chi connectivity index (χ4v) is 6.46. The van der Waals surface area contributed by atoms with Crippen molar-refractivity contribution in [3.63, 3.8) is 0 Å². The lowest BCUT2D eigenvalue weighted by Crippen LogP contribution is -2.25. The zero-order chi connectivity index (χ0) is 27.2. The molecule has 2 fully saturated rings. The Hall–Kier alpha value is -3.17. The summed E-state index contributed by atoms with van der Waals surface area (Å²) in [7, 11) is -1.71. The lowest BCUT2D eigenvalue weighted by Gasteiger charge is -2.12. The number of anilines is 1. The van der Waals surface area contributed by atoms with Crippen molar-refractivity contribution in [3.05, 3.63) is 42.0 Å². The number of pyridine rings is 1. The number of likely N-dealkylation sites (N-methyl/N-ethyl adjacent to an activating group) is 1. The van der Waals surface area contributed by atoms with Crippen LogP contribution in [-0.2, 0) is 28.9 Å². The summed E-state index contributed by atoms with van der Waals surface area (Å²) >= 11 is 1.20. The number of carbonyl (C=O) groups is 1. The third kappa shape index (κ3) is 6.53. The van der Waals surface area contributed by atoms with Crippen LogP contribution in [0.25, 0.3) is 10.3 Å². The van der Waals surface area contributed by atoms with Crippen molar-refractivity contribution in [1.82, 2.24) is 15.3 Å². The highest BCUT2D eigenvalue weighted by Gasteiger charge is 2.31. The van der Waals surface area contributed by atoms with Gasteiger partial charge in [0.05, 0.1) is 30.0 Å². The minimum Gasteiger partial charge on any atom is -0.476 e. The Morgan fingerprint density at radius 2 is 1.90 bits per heavy atom. The second kappa shape index (κ2) is 12.3. The molecular weight excluding hydrogens is 546 g/mol. The van der Waals surface area contributed by atoms with Crippen molar-refractivity contribution in [2.24, 2.45) is 5.16 Å². The molecule has 2 aliphatic rings. The number of amides is 1. The largest absolute Gasteiger partial charge is 0.476 e. The molecule has 0 bridgehead atoms. The summed E-state index contributed by atoms with van der Waals surface area (Å²) in [5.41, 5.74) is 0.991. The first-order chi connectivity index (χ1) is 18.9. The van der Waals surface area contributed by atoms with Crippen molar-refractivity contribution in [3.8, 4) is 5.88 Å². The van der Waals surface area contributed by atoms with E-state index in [2.05, 4.69) is 25.8 Å². The molecule has 14 heteroatoms. The number of benzene rings is 1. The summed E-state index contributed by atoms with van der Waals surface area (Å²) in [4.78, 5) is 28.6. The highest BCUT2D eigenvalue weighted by atomic mass is 32.2. The SMILES string of the molecule is CNCCOc1ccc2nc(NC(=O)/C(=N/O[C@@H]3CCOC3)c3ccc(S(=O)(=O)[C@H]4CCOC4)cc3)sc2n1. The molecule has 0 radical (unpaired) electrons. The molecule has 208 valence electrons. The maximum absolute atomic E-state index is 13.4. The first kappa shape index (κ1) is 27.4. The Labute approximate surface area is 229 Å². The Kier molecular flexibility index (Phi) is 8.67. The standard InChI is InChI=1S/C25H29N5O7S2/c1-26-10-13-36-21-7-6-20-24(28-21)38-25(27-20)29-23(31)22(30-37-17-8-11-34-14-17)16-2-4-18(5-3-16)39(32,33)19-9-12-35-15-19/h2-7,17,19,26H,8-15H2,1H3,(H,27,29,31)/b30-22+/t17-,19+/m1/s1. The van der Waals surface area contributed by atoms with Crippen LogP contribution in [0.2, 0.25) is 0 Å². The summed E-state index contributed by atoms with van der Waals surface area (Å²) in [6, 6.07) is 9.54. The molecule has 4 heterocycles. The van der Waals surface area contributed by atoms with Crippen molar-refractivity contribution in [1.29, 1.82) is 0 Å². The molecule has 39 heavy (non-hydrogen) atoms. The normalized spacial score (nSPS) is 19.9. The van der Waals surface area contributed by atoms with Crippen LogP contribution in [0, 0.1) is 0 Å². The average Bonchev–Trinajstić information content (AvgIpc) is 3.71. The van der Waals surface area contributed by atoms with E-state index in [1.165, 1.54) is 23.5 Å². The van der Waals surface area contributed by atoms with E-state index in [9.17, 15) is 13.2 Å². The second-order valence-corrected chi connectivity index (χ2v) is 12.2. The Balaban J connectivity index is 1.36. The molecule has 0 spiro atoms. The maximum atomic E-state index is 13.4. The zero-order valence-electron chi connectivity index (χ0n) is 21.3. The van der Waals surface area contributed by atoms with Crippen molar-refractivity contribution in [2.75, 3.05) is 51.9 Å². The number of fused-ring (bicyclic) bond motifs is 1. The number of hydrogen-bond acceptors (Lipinski definition) is 12. The van der Waals surface area contributed by atoms with Gasteiger partial charge in [-0.25, -0.2) is 18.4 Å². The van der Waals surface area contributed by atoms with Gasteiger partial charge in [0.15, 0.2) is 26.8 Å². The van der Waals surface area contributed by atoms with Gasteiger partial charge in [0.1, 0.15) is 17.0 Å². The van der Waals surface area contributed by atoms with E-state index in [1.807, 2.05) is 7.05 Å². The van der Waals surface area contributed by atoms with Gasteiger partial charge in [-0.1, -0.05) is 28.6 Å². The number of nitrogens with zero attached hydrogens (tertiary/aromatic N) is 3. The number of hydrogen-bond donors (Lipinski definition) is 2. The van der Waals surface area contributed by atoms with Crippen LogP contribution >= 0.6 is 11.3 Å². The molecule has 12 nitrogen and oxygen atoms in total. The molecule has 0 saturated carbocycles. The monoisotopic (exact) mass is 575 g/mol. The minimum atomic E-state index is -3.54. The third-order valence-corrected chi connectivity index (χ3v) is 9.29. The molecule has 2 aliphatic heterocycles. The van der Waals surface area contributed by atoms with Crippen molar-refractivity contribution in [2.45, 2.75) is 29.1 Å². The van der Waals surface area contributed by atoms with Gasteiger partial charge in [-0.3, -0.25) is 10.1 Å². The van der Waals surface area contributed by atoms with Gasteiger partial charge in [0.2, 0.25) is 5.88 Å². The summed E-state index contributed by atoms with van der Waals surface area (Å²) in [6.07, 6.45) is 0.834. The Morgan fingerprint density at radius 3 is 2.62 bits per heavy atom. The molecule has 2 atom stereocenters. The number of rotatable bonds is 11. The Bertz CT molecular complexity index is 1430. The van der Waals surface area contributed by atoms with E-state index >= 15 is 0 Å². The second-order valence-electron chi connectivity index (χ2n) is 8.98. The topological polar surface area (TPSA) is 150 Å². The molecule has 1 amide bonds. The van der Waals surface area contributed by atoms with Gasteiger partial charge < -0.3 is 24.4 Å². The van der Waals surface area contributed by atoms with Crippen molar-refractivity contribution >= 4 is 48.3 Å². The smallest absolute Gasteiger partial charge is 0.280 e. The minimum absolute atomic E-state index is 0.0154. The molecule has 2 saturated heterocycles. The Morgan fingerprint density at radius 1 is 1.10 bits per heavy atom. The van der Waals surface area contributed by atoms with Crippen LogP contribution in [0.3, 0.4) is 0 Å². The molecule has 2 N–H and O–H groups in total. The van der Waals surface area contributed by atoms with Crippen LogP contribution in [0.5, 0.6) is 5.88 Å².